The summed E-state index contributed by atoms with van der Waals surface area (Å²) in [5.41, 5.74) is 1.67. The van der Waals surface area contributed by atoms with E-state index in [1.54, 1.807) is 17.1 Å². The summed E-state index contributed by atoms with van der Waals surface area (Å²) in [7, 11) is 2.23. The largest absolute Gasteiger partial charge is 0.465 e. The number of aliphatic hydroxyl groups is 1. The fourth-order valence-electron chi connectivity index (χ4n) is 4.75. The van der Waals surface area contributed by atoms with E-state index in [1.807, 2.05) is 48.5 Å². The number of furan rings is 1. The van der Waals surface area contributed by atoms with E-state index in [0.717, 1.165) is 19.8 Å². The number of ketones is 1. The molecule has 45 heavy (non-hydrogen) atoms. The highest BCUT2D eigenvalue weighted by Crippen LogP contribution is 2.27. The monoisotopic (exact) mass is 618 g/mol. The quantitative estimate of drug-likeness (QED) is 0.139. The first-order chi connectivity index (χ1) is 21.7. The van der Waals surface area contributed by atoms with Crippen molar-refractivity contribution in [1.29, 1.82) is 0 Å². The Morgan fingerprint density at radius 1 is 0.933 bits per heavy atom. The number of aryl methyl sites for hydroxylation is 1. The number of methoxy groups -OCH3 is 2. The standard InChI is InChI=1S/C31H34N6O8/c1-19(39)28-27(30(41)44-3)26(29(40)43-2)25(45-28)13-12-21(18-38)33-31(42)34-22(15-20-9-5-4-6-10-20)16-37-17-24(35-36-37)23-11-7-8-14-32-23/h4-11,14,17,21-22,38H,12-13,15-16,18H2,1-3H3,(H2,33,34,42)/t21-,22+/m0/s1. The predicted molar refractivity (Wildman–Crippen MR) is 159 cm³/mol. The summed E-state index contributed by atoms with van der Waals surface area (Å²) in [6.07, 6.45) is 3.97. The van der Waals surface area contributed by atoms with Crippen molar-refractivity contribution in [1.82, 2.24) is 30.6 Å². The number of nitrogens with one attached hydrogen (secondary N) is 2. The van der Waals surface area contributed by atoms with Crippen molar-refractivity contribution in [2.24, 2.45) is 0 Å². The van der Waals surface area contributed by atoms with Crippen LogP contribution in [0.25, 0.3) is 11.4 Å². The van der Waals surface area contributed by atoms with Crippen LogP contribution in [0.2, 0.25) is 0 Å². The summed E-state index contributed by atoms with van der Waals surface area (Å²) in [5, 5.41) is 24.1. The molecular formula is C31H34N6O8. The topological polar surface area (TPSA) is 188 Å². The first-order valence-electron chi connectivity index (χ1n) is 14.1. The number of carbonyl (C=O) groups excluding carboxylic acids is 4. The third kappa shape index (κ3) is 8.38. The number of hydrogen-bond donors (Lipinski definition) is 3. The molecule has 2 amide bonds. The molecule has 0 fully saturated rings. The summed E-state index contributed by atoms with van der Waals surface area (Å²) >= 11 is 0. The van der Waals surface area contributed by atoms with Gasteiger partial charge in [0.25, 0.3) is 0 Å². The molecule has 3 heterocycles. The van der Waals surface area contributed by atoms with Gasteiger partial charge < -0.3 is 29.6 Å². The van der Waals surface area contributed by atoms with Crippen LogP contribution in [0.15, 0.2) is 65.3 Å². The van der Waals surface area contributed by atoms with Crippen LogP contribution in [-0.4, -0.2) is 81.7 Å². The number of ether oxygens (including phenoxy) is 2. The van der Waals surface area contributed by atoms with Gasteiger partial charge in [-0.3, -0.25) is 9.78 Å². The molecule has 2 atom stereocenters. The van der Waals surface area contributed by atoms with Gasteiger partial charge in [-0.25, -0.2) is 19.1 Å². The minimum atomic E-state index is -0.934. The highest BCUT2D eigenvalue weighted by Gasteiger charge is 2.33. The lowest BCUT2D eigenvalue weighted by Crippen LogP contribution is -2.49. The number of benzene rings is 1. The number of esters is 2. The Bertz CT molecular complexity index is 1620. The van der Waals surface area contributed by atoms with Crippen LogP contribution in [0.5, 0.6) is 0 Å². The van der Waals surface area contributed by atoms with Crippen LogP contribution in [0.4, 0.5) is 4.79 Å². The van der Waals surface area contributed by atoms with E-state index in [0.29, 0.717) is 24.4 Å². The van der Waals surface area contributed by atoms with Crippen LogP contribution in [0.1, 0.15) is 55.9 Å². The first-order valence-corrected chi connectivity index (χ1v) is 14.1. The lowest BCUT2D eigenvalue weighted by molar-refractivity contribution is 0.0554. The molecule has 4 rings (SSSR count). The molecule has 236 valence electrons. The van der Waals surface area contributed by atoms with Gasteiger partial charge in [0, 0.05) is 19.5 Å². The number of hydrogen-bond acceptors (Lipinski definition) is 11. The van der Waals surface area contributed by atoms with Crippen molar-refractivity contribution in [3.8, 4) is 11.4 Å². The lowest BCUT2D eigenvalue weighted by Gasteiger charge is -2.22. The molecule has 4 aromatic rings. The molecular weight excluding hydrogens is 584 g/mol. The van der Waals surface area contributed by atoms with E-state index in [2.05, 4.69) is 25.9 Å². The summed E-state index contributed by atoms with van der Waals surface area (Å²) in [6.45, 7) is 1.04. The number of aliphatic hydroxyl groups excluding tert-OH is 1. The Kier molecular flexibility index (Phi) is 11.1. The van der Waals surface area contributed by atoms with Crippen LogP contribution in [-0.2, 0) is 28.9 Å². The second-order valence-electron chi connectivity index (χ2n) is 10.1. The molecule has 0 unspecified atom stereocenters. The first kappa shape index (κ1) is 32.5. The zero-order valence-electron chi connectivity index (χ0n) is 25.1. The molecule has 0 saturated carbocycles. The molecule has 1 aromatic carbocycles. The number of carbonyl (C=O) groups is 4. The molecule has 0 bridgehead atoms. The molecule has 0 aliphatic rings. The van der Waals surface area contributed by atoms with Gasteiger partial charge in [0.1, 0.15) is 22.6 Å². The van der Waals surface area contributed by atoms with Crippen molar-refractivity contribution in [2.45, 2.75) is 44.8 Å². The van der Waals surface area contributed by atoms with Crippen LogP contribution in [0, 0.1) is 0 Å². The van der Waals surface area contributed by atoms with Gasteiger partial charge in [0.05, 0.1) is 51.3 Å². The van der Waals surface area contributed by atoms with Crippen LogP contribution >= 0.6 is 0 Å². The van der Waals surface area contributed by atoms with Gasteiger partial charge in [0.15, 0.2) is 11.5 Å². The van der Waals surface area contributed by atoms with E-state index in [-0.39, 0.29) is 35.5 Å². The number of aromatic nitrogens is 4. The van der Waals surface area contributed by atoms with Gasteiger partial charge in [0.2, 0.25) is 0 Å². The van der Waals surface area contributed by atoms with Crippen molar-refractivity contribution in [3.05, 3.63) is 89.1 Å². The van der Waals surface area contributed by atoms with Crippen molar-refractivity contribution < 1.29 is 38.2 Å². The predicted octanol–water partition coefficient (Wildman–Crippen LogP) is 2.61. The molecule has 0 radical (unpaired) electrons. The number of rotatable bonds is 14. The summed E-state index contributed by atoms with van der Waals surface area (Å²) in [6, 6.07) is 13.4. The summed E-state index contributed by atoms with van der Waals surface area (Å²) < 4.78 is 16.8. The van der Waals surface area contributed by atoms with E-state index < -0.39 is 42.4 Å². The third-order valence-corrected chi connectivity index (χ3v) is 6.89. The SMILES string of the molecule is COC(=O)c1c(CC[C@@H](CO)NC(=O)N[C@H](Cc2ccccc2)Cn2cc(-c3ccccn3)nn2)oc(C(C)=O)c1C(=O)OC. The maximum atomic E-state index is 13.1. The zero-order valence-corrected chi connectivity index (χ0v) is 25.1. The Hall–Kier alpha value is -5.37. The lowest BCUT2D eigenvalue weighted by atomic mass is 10.0. The average molecular weight is 619 g/mol. The Balaban J connectivity index is 1.47. The molecule has 0 saturated heterocycles. The number of urea groups is 1. The number of nitrogens with zero attached hydrogens (tertiary/aromatic N) is 4. The van der Waals surface area contributed by atoms with Gasteiger partial charge in [-0.2, -0.15) is 0 Å². The normalized spacial score (nSPS) is 12.2. The fraction of sp³-hybridized carbons (Fsp3) is 0.323. The molecule has 14 nitrogen and oxygen atoms in total. The van der Waals surface area contributed by atoms with Gasteiger partial charge in [-0.05, 0) is 30.5 Å². The van der Waals surface area contributed by atoms with Crippen molar-refractivity contribution in [3.63, 3.8) is 0 Å². The second kappa shape index (κ2) is 15.4. The fourth-order valence-corrected chi connectivity index (χ4v) is 4.75. The molecule has 0 aliphatic heterocycles. The molecule has 3 aromatic heterocycles. The van der Waals surface area contributed by atoms with Crippen molar-refractivity contribution in [2.75, 3.05) is 20.8 Å². The summed E-state index contributed by atoms with van der Waals surface area (Å²) in [4.78, 5) is 54.6. The Labute approximate surface area is 258 Å². The number of pyridine rings is 1. The molecule has 14 heteroatoms. The molecule has 3 N–H and O–H groups in total. The summed E-state index contributed by atoms with van der Waals surface area (Å²) in [5.74, 6) is -2.77. The third-order valence-electron chi connectivity index (χ3n) is 6.89. The van der Waals surface area contributed by atoms with E-state index in [9.17, 15) is 24.3 Å². The maximum Gasteiger partial charge on any atom is 0.342 e. The average Bonchev–Trinajstić information content (AvgIpc) is 3.68. The molecule has 0 aliphatic carbocycles. The van der Waals surface area contributed by atoms with E-state index >= 15 is 0 Å². The number of amides is 2. The minimum absolute atomic E-state index is 0.00930. The van der Waals surface area contributed by atoms with Gasteiger partial charge >= 0.3 is 18.0 Å². The van der Waals surface area contributed by atoms with E-state index in [4.69, 9.17) is 13.9 Å². The molecule has 0 spiro atoms. The maximum absolute atomic E-state index is 13.1. The van der Waals surface area contributed by atoms with Crippen molar-refractivity contribution >= 4 is 23.8 Å². The number of Topliss-reactive ketones (excluding diaryl/α,β-unsaturated/α-hetero) is 1. The Morgan fingerprint density at radius 2 is 1.62 bits per heavy atom. The highest BCUT2D eigenvalue weighted by atomic mass is 16.5. The minimum Gasteiger partial charge on any atom is -0.465 e. The smallest absolute Gasteiger partial charge is 0.342 e. The second-order valence-corrected chi connectivity index (χ2v) is 10.1. The van der Waals surface area contributed by atoms with Crippen LogP contribution in [0.3, 0.4) is 0 Å². The van der Waals surface area contributed by atoms with Crippen LogP contribution < -0.4 is 10.6 Å². The van der Waals surface area contributed by atoms with Gasteiger partial charge in [-0.1, -0.05) is 41.6 Å². The highest BCUT2D eigenvalue weighted by molar-refractivity contribution is 6.11. The Morgan fingerprint density at radius 3 is 2.27 bits per heavy atom. The zero-order chi connectivity index (χ0) is 32.3. The van der Waals surface area contributed by atoms with E-state index in [1.165, 1.54) is 6.92 Å². The van der Waals surface area contributed by atoms with Gasteiger partial charge in [-0.15, -0.1) is 5.10 Å².